The van der Waals surface area contributed by atoms with Gasteiger partial charge in [0.25, 0.3) is 5.92 Å². The maximum absolute atomic E-state index is 13.2. The van der Waals surface area contributed by atoms with Crippen molar-refractivity contribution in [1.82, 2.24) is 0 Å². The quantitative estimate of drug-likeness (QED) is 0.558. The standard InChI is InChI=1S/C10H12F2N2O4/c1-5-2-3-6(8(16)7(5)14(17)18)9(13)10(11,12)4-15/h2-3,9,15-16H,4,13H2,1H3/t9-/m1/s1. The first-order valence-corrected chi connectivity index (χ1v) is 4.93. The number of nitro benzene ring substituents is 1. The summed E-state index contributed by atoms with van der Waals surface area (Å²) in [5.74, 6) is -4.58. The second kappa shape index (κ2) is 4.83. The number of aromatic hydroxyl groups is 1. The van der Waals surface area contributed by atoms with E-state index >= 15 is 0 Å². The molecule has 0 spiro atoms. The molecule has 1 aromatic carbocycles. The van der Waals surface area contributed by atoms with Crippen molar-refractivity contribution in [2.75, 3.05) is 6.61 Å². The van der Waals surface area contributed by atoms with Crippen LogP contribution in [0.4, 0.5) is 14.5 Å². The molecule has 0 amide bonds. The first-order valence-electron chi connectivity index (χ1n) is 4.93. The smallest absolute Gasteiger partial charge is 0.313 e. The summed E-state index contributed by atoms with van der Waals surface area (Å²) in [5.41, 5.74) is 4.19. The minimum absolute atomic E-state index is 0.126. The Morgan fingerprint density at radius 2 is 2.11 bits per heavy atom. The molecule has 0 aliphatic heterocycles. The third-order valence-electron chi connectivity index (χ3n) is 2.57. The molecule has 0 saturated carbocycles. The molecule has 8 heteroatoms. The number of nitro groups is 1. The summed E-state index contributed by atoms with van der Waals surface area (Å²) in [7, 11) is 0. The molecule has 100 valence electrons. The number of alkyl halides is 2. The molecule has 0 aromatic heterocycles. The molecule has 0 aliphatic rings. The van der Waals surface area contributed by atoms with Crippen LogP contribution in [-0.2, 0) is 0 Å². The summed E-state index contributed by atoms with van der Waals surface area (Å²) in [5, 5.41) is 28.8. The zero-order valence-corrected chi connectivity index (χ0v) is 9.43. The van der Waals surface area contributed by atoms with Crippen LogP contribution in [-0.4, -0.2) is 27.7 Å². The van der Waals surface area contributed by atoms with Crippen LogP contribution in [0.2, 0.25) is 0 Å². The van der Waals surface area contributed by atoms with Crippen molar-refractivity contribution in [2.24, 2.45) is 5.73 Å². The Morgan fingerprint density at radius 1 is 1.56 bits per heavy atom. The first-order chi connectivity index (χ1) is 8.22. The number of nitrogens with zero attached hydrogens (tertiary/aromatic N) is 1. The van der Waals surface area contributed by atoms with E-state index in [0.717, 1.165) is 6.07 Å². The predicted octanol–water partition coefficient (Wildman–Crippen LogP) is 1.24. The van der Waals surface area contributed by atoms with Crippen LogP contribution >= 0.6 is 0 Å². The number of aliphatic hydroxyl groups is 1. The van der Waals surface area contributed by atoms with Gasteiger partial charge in [0.1, 0.15) is 12.6 Å². The Hall–Kier alpha value is -1.80. The van der Waals surface area contributed by atoms with Crippen molar-refractivity contribution in [1.29, 1.82) is 0 Å². The van der Waals surface area contributed by atoms with E-state index in [1.54, 1.807) is 0 Å². The van der Waals surface area contributed by atoms with E-state index in [-0.39, 0.29) is 5.56 Å². The Labute approximate surface area is 101 Å². The van der Waals surface area contributed by atoms with Crippen LogP contribution in [0.15, 0.2) is 12.1 Å². The minimum Gasteiger partial charge on any atom is -0.502 e. The molecule has 6 nitrogen and oxygen atoms in total. The highest BCUT2D eigenvalue weighted by molar-refractivity contribution is 5.57. The largest absolute Gasteiger partial charge is 0.502 e. The fourth-order valence-electron chi connectivity index (χ4n) is 1.50. The van der Waals surface area contributed by atoms with Gasteiger partial charge in [0.15, 0.2) is 5.75 Å². The van der Waals surface area contributed by atoms with Crippen LogP contribution in [0.1, 0.15) is 17.2 Å². The second-order valence-electron chi connectivity index (χ2n) is 3.82. The molecular formula is C10H12F2N2O4. The summed E-state index contributed by atoms with van der Waals surface area (Å²) in [6.45, 7) is -0.160. The molecule has 0 fully saturated rings. The van der Waals surface area contributed by atoms with E-state index in [4.69, 9.17) is 10.8 Å². The SMILES string of the molecule is Cc1ccc([C@@H](N)C(F)(F)CO)c(O)c1[N+](=O)[O-]. The van der Waals surface area contributed by atoms with Crippen LogP contribution < -0.4 is 5.73 Å². The average molecular weight is 262 g/mol. The van der Waals surface area contributed by atoms with Gasteiger partial charge in [-0.2, -0.15) is 0 Å². The summed E-state index contributed by atoms with van der Waals surface area (Å²) < 4.78 is 26.4. The van der Waals surface area contributed by atoms with Crippen molar-refractivity contribution in [3.63, 3.8) is 0 Å². The highest BCUT2D eigenvalue weighted by Gasteiger charge is 2.40. The summed E-state index contributed by atoms with van der Waals surface area (Å²) in [4.78, 5) is 9.83. The molecule has 1 aromatic rings. The van der Waals surface area contributed by atoms with E-state index in [1.165, 1.54) is 13.0 Å². The van der Waals surface area contributed by atoms with Gasteiger partial charge in [0.2, 0.25) is 0 Å². The minimum atomic E-state index is -3.68. The summed E-state index contributed by atoms with van der Waals surface area (Å²) >= 11 is 0. The van der Waals surface area contributed by atoms with Crippen molar-refractivity contribution in [3.05, 3.63) is 33.4 Å². The highest BCUT2D eigenvalue weighted by atomic mass is 19.3. The molecule has 4 N–H and O–H groups in total. The third-order valence-corrected chi connectivity index (χ3v) is 2.57. The third kappa shape index (κ3) is 2.39. The maximum Gasteiger partial charge on any atom is 0.313 e. The molecule has 18 heavy (non-hydrogen) atoms. The predicted molar refractivity (Wildman–Crippen MR) is 58.5 cm³/mol. The number of halogens is 2. The number of hydrogen-bond donors (Lipinski definition) is 3. The van der Waals surface area contributed by atoms with Gasteiger partial charge in [0, 0.05) is 11.1 Å². The van der Waals surface area contributed by atoms with Crippen LogP contribution in [0.3, 0.4) is 0 Å². The Balaban J connectivity index is 3.36. The number of rotatable bonds is 4. The van der Waals surface area contributed by atoms with Gasteiger partial charge in [0.05, 0.1) is 4.92 Å². The first kappa shape index (κ1) is 14.3. The molecule has 0 unspecified atom stereocenters. The molecule has 1 atom stereocenters. The lowest BCUT2D eigenvalue weighted by Gasteiger charge is -2.22. The van der Waals surface area contributed by atoms with Gasteiger partial charge in [-0.1, -0.05) is 12.1 Å². The van der Waals surface area contributed by atoms with Crippen LogP contribution in [0.5, 0.6) is 5.75 Å². The van der Waals surface area contributed by atoms with Crippen molar-refractivity contribution in [3.8, 4) is 5.75 Å². The highest BCUT2D eigenvalue weighted by Crippen LogP contribution is 2.40. The maximum atomic E-state index is 13.2. The molecule has 0 heterocycles. The number of aryl methyl sites for hydroxylation is 1. The lowest BCUT2D eigenvalue weighted by molar-refractivity contribution is -0.386. The van der Waals surface area contributed by atoms with E-state index in [0.29, 0.717) is 0 Å². The van der Waals surface area contributed by atoms with Crippen LogP contribution in [0, 0.1) is 17.0 Å². The van der Waals surface area contributed by atoms with Gasteiger partial charge in [-0.15, -0.1) is 0 Å². The Kier molecular flexibility index (Phi) is 3.82. The number of benzene rings is 1. The van der Waals surface area contributed by atoms with Gasteiger partial charge in [-0.05, 0) is 6.92 Å². The van der Waals surface area contributed by atoms with Gasteiger partial charge >= 0.3 is 5.69 Å². The number of phenols is 1. The lowest BCUT2D eigenvalue weighted by Crippen LogP contribution is -2.36. The van der Waals surface area contributed by atoms with Crippen molar-refractivity contribution >= 4 is 5.69 Å². The lowest BCUT2D eigenvalue weighted by atomic mass is 9.98. The topological polar surface area (TPSA) is 110 Å². The monoisotopic (exact) mass is 262 g/mol. The zero-order valence-electron chi connectivity index (χ0n) is 9.43. The molecule has 1 rings (SSSR count). The van der Waals surface area contributed by atoms with Gasteiger partial charge in [-0.25, -0.2) is 8.78 Å². The molecule has 0 bridgehead atoms. The molecule has 0 saturated heterocycles. The second-order valence-corrected chi connectivity index (χ2v) is 3.82. The fraction of sp³-hybridized carbons (Fsp3) is 0.400. The van der Waals surface area contributed by atoms with Gasteiger partial charge < -0.3 is 15.9 Å². The normalized spacial score (nSPS) is 13.4. The van der Waals surface area contributed by atoms with E-state index in [2.05, 4.69) is 0 Å². The molecular weight excluding hydrogens is 250 g/mol. The van der Waals surface area contributed by atoms with E-state index < -0.39 is 40.5 Å². The fourth-order valence-corrected chi connectivity index (χ4v) is 1.50. The molecule has 0 aliphatic carbocycles. The number of nitrogens with two attached hydrogens (primary N) is 1. The van der Waals surface area contributed by atoms with Gasteiger partial charge in [-0.3, -0.25) is 10.1 Å². The Morgan fingerprint density at radius 3 is 2.56 bits per heavy atom. The number of phenolic OH excluding ortho intramolecular Hbond substituents is 1. The van der Waals surface area contributed by atoms with Crippen LogP contribution in [0.25, 0.3) is 0 Å². The van der Waals surface area contributed by atoms with E-state index in [1.807, 2.05) is 0 Å². The van der Waals surface area contributed by atoms with Crippen molar-refractivity contribution in [2.45, 2.75) is 18.9 Å². The Bertz CT molecular complexity index is 479. The van der Waals surface area contributed by atoms with Crippen molar-refractivity contribution < 1.29 is 23.9 Å². The summed E-state index contributed by atoms with van der Waals surface area (Å²) in [6.07, 6.45) is 0. The average Bonchev–Trinajstić information content (AvgIpc) is 2.28. The molecule has 0 radical (unpaired) electrons. The number of hydrogen-bond acceptors (Lipinski definition) is 5. The summed E-state index contributed by atoms with van der Waals surface area (Å²) in [6, 6.07) is 0.258. The zero-order chi connectivity index (χ0) is 14.1. The van der Waals surface area contributed by atoms with E-state index in [9.17, 15) is 24.0 Å². The number of aliphatic hydroxyl groups excluding tert-OH is 1.